The third-order valence-electron chi connectivity index (χ3n) is 1.66. The van der Waals surface area contributed by atoms with Gasteiger partial charge in [-0.3, -0.25) is 4.79 Å². The van der Waals surface area contributed by atoms with Gasteiger partial charge >= 0.3 is 34.5 Å². The van der Waals surface area contributed by atoms with Crippen LogP contribution in [-0.2, 0) is 15.1 Å². The fraction of sp³-hybridized carbons (Fsp3) is 0.364. The Morgan fingerprint density at radius 3 is 2.00 bits per heavy atom. The minimum absolute atomic E-state index is 0.177. The second-order valence-electron chi connectivity index (χ2n) is 3.97. The average Bonchev–Trinajstić information content (AvgIpc) is 2.18. The Balaban J connectivity index is 0.000000583. The third kappa shape index (κ3) is 6.30. The van der Waals surface area contributed by atoms with Gasteiger partial charge in [-0.05, 0) is 6.07 Å². The number of rotatable bonds is 1. The molecule has 15 heavy (non-hydrogen) atoms. The van der Waals surface area contributed by atoms with E-state index in [0.717, 1.165) is 5.56 Å². The van der Waals surface area contributed by atoms with Crippen molar-refractivity contribution in [2.75, 3.05) is 0 Å². The standard InChI is InChI=1S/C11H13O.2ClH.Zn/c1-11(2,3)10(12)9-7-5-4-6-8-9;;;/h5-8H,1-3H3;2*1H;/q;;;+2/p-2. The van der Waals surface area contributed by atoms with Crippen LogP contribution in [0.1, 0.15) is 31.1 Å². The fourth-order valence-electron chi connectivity index (χ4n) is 0.971. The fourth-order valence-corrected chi connectivity index (χ4v) is 0.971. The Hall–Kier alpha value is 0.0934. The van der Waals surface area contributed by atoms with Crippen LogP contribution >= 0.6 is 19.4 Å². The molecule has 1 radical (unpaired) electrons. The molecule has 4 heteroatoms. The maximum atomic E-state index is 11.7. The van der Waals surface area contributed by atoms with Gasteiger partial charge in [-0.25, -0.2) is 0 Å². The SMILES string of the molecule is CC(C)(C)C(=O)c1cc[c]cc1.[Cl][Zn][Cl]. The molecule has 0 heterocycles. The van der Waals surface area contributed by atoms with Gasteiger partial charge in [0.15, 0.2) is 5.78 Å². The van der Waals surface area contributed by atoms with Gasteiger partial charge in [0, 0.05) is 11.0 Å². The van der Waals surface area contributed by atoms with Crippen molar-refractivity contribution in [3.63, 3.8) is 0 Å². The maximum absolute atomic E-state index is 11.7. The first-order valence-corrected chi connectivity index (χ1v) is 12.4. The molecule has 0 N–H and O–H groups in total. The van der Waals surface area contributed by atoms with Crippen molar-refractivity contribution in [2.24, 2.45) is 5.41 Å². The van der Waals surface area contributed by atoms with Crippen molar-refractivity contribution >= 4 is 25.2 Å². The van der Waals surface area contributed by atoms with E-state index >= 15 is 0 Å². The van der Waals surface area contributed by atoms with Gasteiger partial charge in [0.25, 0.3) is 0 Å². The molecule has 0 atom stereocenters. The summed E-state index contributed by atoms with van der Waals surface area (Å²) in [7, 11) is 9.90. The first-order chi connectivity index (χ1) is 6.93. The Bertz CT molecular complexity index is 293. The zero-order chi connectivity index (χ0) is 11.9. The molecule has 0 bridgehead atoms. The number of ketones is 1. The predicted molar refractivity (Wildman–Crippen MR) is 60.8 cm³/mol. The molecule has 1 aromatic rings. The van der Waals surface area contributed by atoms with Crippen LogP contribution in [0.3, 0.4) is 0 Å². The Morgan fingerprint density at radius 2 is 1.67 bits per heavy atom. The van der Waals surface area contributed by atoms with Crippen LogP contribution in [0, 0.1) is 11.5 Å². The topological polar surface area (TPSA) is 17.1 Å². The number of halogens is 2. The number of carbonyl (C=O) groups excluding carboxylic acids is 1. The van der Waals surface area contributed by atoms with Gasteiger partial charge in [-0.1, -0.05) is 45.0 Å². The van der Waals surface area contributed by atoms with E-state index in [0.29, 0.717) is 0 Å². The van der Waals surface area contributed by atoms with Crippen LogP contribution in [0.5, 0.6) is 0 Å². The van der Waals surface area contributed by atoms with Crippen LogP contribution in [0.25, 0.3) is 0 Å². The minimum atomic E-state index is -0.931. The van der Waals surface area contributed by atoms with Crippen LogP contribution in [0.2, 0.25) is 0 Å². The zero-order valence-electron chi connectivity index (χ0n) is 9.18. The first-order valence-electron chi connectivity index (χ1n) is 4.56. The number of benzene rings is 1. The molecule has 1 rings (SSSR count). The second kappa shape index (κ2) is 7.38. The summed E-state index contributed by atoms with van der Waals surface area (Å²) in [5.41, 5.74) is 0.475. The van der Waals surface area contributed by atoms with Gasteiger partial charge in [0.1, 0.15) is 0 Å². The number of hydrogen-bond acceptors (Lipinski definition) is 1. The first kappa shape index (κ1) is 15.1. The second-order valence-corrected chi connectivity index (χ2v) is 8.59. The van der Waals surface area contributed by atoms with Crippen LogP contribution in [-0.4, -0.2) is 5.78 Å². The summed E-state index contributed by atoms with van der Waals surface area (Å²) in [5.74, 6) is 0.177. The molecular weight excluding hydrogens is 284 g/mol. The van der Waals surface area contributed by atoms with Gasteiger partial charge in [0.2, 0.25) is 0 Å². The summed E-state index contributed by atoms with van der Waals surface area (Å²) < 4.78 is 0. The number of Topliss-reactive ketones (excluding diaryl/α,β-unsaturated/α-hetero) is 1. The molecule has 0 aromatic heterocycles. The van der Waals surface area contributed by atoms with Gasteiger partial charge in [0.05, 0.1) is 0 Å². The van der Waals surface area contributed by atoms with E-state index in [1.807, 2.05) is 20.8 Å². The quantitative estimate of drug-likeness (QED) is 0.563. The number of carbonyl (C=O) groups is 1. The van der Waals surface area contributed by atoms with E-state index in [2.05, 4.69) is 6.07 Å². The third-order valence-corrected chi connectivity index (χ3v) is 1.66. The van der Waals surface area contributed by atoms with Gasteiger partial charge in [-0.15, -0.1) is 0 Å². The zero-order valence-corrected chi connectivity index (χ0v) is 13.7. The molecule has 79 valence electrons. The number of hydrogen-bond donors (Lipinski definition) is 0. The van der Waals surface area contributed by atoms with Crippen LogP contribution < -0.4 is 0 Å². The summed E-state index contributed by atoms with van der Waals surface area (Å²) >= 11 is -0.931. The van der Waals surface area contributed by atoms with Crippen LogP contribution in [0.4, 0.5) is 0 Å². The normalized spacial score (nSPS) is 9.67. The van der Waals surface area contributed by atoms with Gasteiger partial charge < -0.3 is 0 Å². The summed E-state index contributed by atoms with van der Waals surface area (Å²) in [5, 5.41) is 0. The van der Waals surface area contributed by atoms with Crippen LogP contribution in [0.15, 0.2) is 24.3 Å². The van der Waals surface area contributed by atoms with Crippen molar-refractivity contribution in [3.05, 3.63) is 35.9 Å². The van der Waals surface area contributed by atoms with E-state index in [1.165, 1.54) is 0 Å². The molecule has 0 saturated heterocycles. The van der Waals surface area contributed by atoms with Crippen molar-refractivity contribution in [3.8, 4) is 0 Å². The molecule has 1 nitrogen and oxygen atoms in total. The molecule has 0 unspecified atom stereocenters. The molecule has 0 fully saturated rings. The predicted octanol–water partition coefficient (Wildman–Crippen LogP) is 4.09. The molecule has 0 aliphatic heterocycles. The molecular formula is C11H13Cl2OZn. The molecule has 0 spiro atoms. The van der Waals surface area contributed by atoms with E-state index in [4.69, 9.17) is 19.4 Å². The molecule has 0 aliphatic carbocycles. The molecule has 0 amide bonds. The Morgan fingerprint density at radius 1 is 1.27 bits per heavy atom. The monoisotopic (exact) mass is 295 g/mol. The van der Waals surface area contributed by atoms with E-state index in [1.54, 1.807) is 24.3 Å². The molecule has 0 saturated carbocycles. The average molecular weight is 298 g/mol. The Labute approximate surface area is 107 Å². The summed E-state index contributed by atoms with van der Waals surface area (Å²) in [6, 6.07) is 10.0. The Kier molecular flexibility index (Phi) is 7.43. The van der Waals surface area contributed by atoms with Crippen molar-refractivity contribution in [1.29, 1.82) is 0 Å². The molecule has 0 aliphatic rings. The van der Waals surface area contributed by atoms with Gasteiger partial charge in [-0.2, -0.15) is 0 Å². The van der Waals surface area contributed by atoms with Crippen molar-refractivity contribution in [1.82, 2.24) is 0 Å². The summed E-state index contributed by atoms with van der Waals surface area (Å²) in [6.45, 7) is 5.77. The van der Waals surface area contributed by atoms with E-state index < -0.39 is 15.1 Å². The van der Waals surface area contributed by atoms with Crippen molar-refractivity contribution < 1.29 is 19.9 Å². The molecule has 1 aromatic carbocycles. The summed E-state index contributed by atoms with van der Waals surface area (Å²) in [4.78, 5) is 11.7. The van der Waals surface area contributed by atoms with Crippen molar-refractivity contribution in [2.45, 2.75) is 20.8 Å². The van der Waals surface area contributed by atoms with E-state index in [9.17, 15) is 4.79 Å². The van der Waals surface area contributed by atoms with E-state index in [-0.39, 0.29) is 11.2 Å². The summed E-state index contributed by atoms with van der Waals surface area (Å²) in [6.07, 6.45) is 0.